The van der Waals surface area contributed by atoms with Crippen molar-refractivity contribution in [1.29, 1.82) is 0 Å². The lowest BCUT2D eigenvalue weighted by Gasteiger charge is -2.11. The van der Waals surface area contributed by atoms with E-state index in [0.717, 1.165) is 16.8 Å². The predicted octanol–water partition coefficient (Wildman–Crippen LogP) is 3.13. The Balaban J connectivity index is 2.23. The lowest BCUT2D eigenvalue weighted by atomic mass is 10.0. The molecule has 2 aromatic rings. The predicted molar refractivity (Wildman–Crippen MR) is 77.0 cm³/mol. The van der Waals surface area contributed by atoms with Crippen LogP contribution in [0.4, 0.5) is 5.69 Å². The molecule has 1 N–H and O–H groups in total. The molecule has 1 aliphatic rings. The minimum absolute atomic E-state index is 0.106. The molecule has 1 amide bonds. The molecule has 4 heteroatoms. The molecule has 0 fully saturated rings. The summed E-state index contributed by atoms with van der Waals surface area (Å²) in [7, 11) is 0. The first-order valence-electron chi connectivity index (χ1n) is 5.94. The van der Waals surface area contributed by atoms with Crippen LogP contribution in [0.2, 0.25) is 5.02 Å². The fraction of sp³-hybridized carbons (Fsp3) is 0.0667. The maximum absolute atomic E-state index is 11.7. The van der Waals surface area contributed by atoms with E-state index in [1.165, 1.54) is 0 Å². The summed E-state index contributed by atoms with van der Waals surface area (Å²) in [5, 5.41) is 3.41. The fourth-order valence-corrected chi connectivity index (χ4v) is 2.38. The number of fused-ring (bicyclic) bond motifs is 1. The molecule has 1 aliphatic heterocycles. The number of nitrogens with one attached hydrogen (secondary N) is 1. The van der Waals surface area contributed by atoms with Crippen molar-refractivity contribution in [2.75, 3.05) is 11.9 Å². The number of benzodiazepines with no additional fused rings is 1. The van der Waals surface area contributed by atoms with Crippen molar-refractivity contribution in [3.63, 3.8) is 0 Å². The Morgan fingerprint density at radius 3 is 2.63 bits per heavy atom. The zero-order chi connectivity index (χ0) is 13.2. The second-order valence-electron chi connectivity index (χ2n) is 4.24. The third-order valence-electron chi connectivity index (χ3n) is 2.95. The van der Waals surface area contributed by atoms with E-state index in [-0.39, 0.29) is 12.5 Å². The molecule has 0 aliphatic carbocycles. The number of halogens is 1. The van der Waals surface area contributed by atoms with Crippen LogP contribution in [-0.4, -0.2) is 18.2 Å². The van der Waals surface area contributed by atoms with Gasteiger partial charge in [0.15, 0.2) is 0 Å². The quantitative estimate of drug-likeness (QED) is 0.850. The second-order valence-corrected chi connectivity index (χ2v) is 4.65. The van der Waals surface area contributed by atoms with Crippen LogP contribution in [0.15, 0.2) is 53.5 Å². The highest BCUT2D eigenvalue weighted by Gasteiger charge is 2.20. The fourth-order valence-electron chi connectivity index (χ4n) is 2.12. The van der Waals surface area contributed by atoms with Crippen LogP contribution in [0, 0.1) is 0 Å². The normalized spacial score (nSPS) is 14.2. The van der Waals surface area contributed by atoms with Gasteiger partial charge in [-0.1, -0.05) is 48.0 Å². The average molecular weight is 271 g/mol. The van der Waals surface area contributed by atoms with Crippen LogP contribution in [0.25, 0.3) is 0 Å². The average Bonchev–Trinajstić information content (AvgIpc) is 2.59. The largest absolute Gasteiger partial charge is 0.324 e. The van der Waals surface area contributed by atoms with Crippen molar-refractivity contribution < 1.29 is 4.79 Å². The summed E-state index contributed by atoms with van der Waals surface area (Å²) in [6, 6.07) is 15.2. The summed E-state index contributed by atoms with van der Waals surface area (Å²) in [4.78, 5) is 16.1. The van der Waals surface area contributed by atoms with Crippen molar-refractivity contribution in [2.45, 2.75) is 0 Å². The molecule has 3 rings (SSSR count). The molecular formula is C15H11ClN2O. The monoisotopic (exact) mass is 270 g/mol. The first kappa shape index (κ1) is 11.9. The molecule has 2 aromatic carbocycles. The molecule has 0 saturated heterocycles. The molecular weight excluding hydrogens is 260 g/mol. The summed E-state index contributed by atoms with van der Waals surface area (Å²) >= 11 is 6.27. The van der Waals surface area contributed by atoms with Gasteiger partial charge in [-0.3, -0.25) is 9.79 Å². The highest BCUT2D eigenvalue weighted by Crippen LogP contribution is 2.29. The molecule has 0 aromatic heterocycles. The van der Waals surface area contributed by atoms with Gasteiger partial charge < -0.3 is 5.32 Å². The SMILES string of the molecule is O=C1CN=C(c2ccccc2)c2c(Cl)cccc2N1. The van der Waals surface area contributed by atoms with Gasteiger partial charge >= 0.3 is 0 Å². The Labute approximate surface area is 115 Å². The topological polar surface area (TPSA) is 41.5 Å². The van der Waals surface area contributed by atoms with Gasteiger partial charge in [0.05, 0.1) is 16.4 Å². The molecule has 1 heterocycles. The van der Waals surface area contributed by atoms with E-state index >= 15 is 0 Å². The molecule has 0 radical (unpaired) electrons. The molecule has 0 spiro atoms. The number of aliphatic imine (C=N–C) groups is 1. The van der Waals surface area contributed by atoms with Gasteiger partial charge in [-0.2, -0.15) is 0 Å². The van der Waals surface area contributed by atoms with Crippen molar-refractivity contribution in [3.8, 4) is 0 Å². The van der Waals surface area contributed by atoms with E-state index in [1.807, 2.05) is 42.5 Å². The highest BCUT2D eigenvalue weighted by molar-refractivity contribution is 6.37. The standard InChI is InChI=1S/C15H11ClN2O/c16-11-7-4-8-12-14(11)15(17-9-13(19)18-12)10-5-2-1-3-6-10/h1-8H,9H2,(H,18,19). The number of hydrogen-bond acceptors (Lipinski definition) is 2. The Kier molecular flexibility index (Phi) is 3.05. The van der Waals surface area contributed by atoms with Gasteiger partial charge in [-0.15, -0.1) is 0 Å². The molecule has 0 bridgehead atoms. The second kappa shape index (κ2) is 4.86. The number of benzene rings is 2. The van der Waals surface area contributed by atoms with Crippen LogP contribution in [-0.2, 0) is 4.79 Å². The lowest BCUT2D eigenvalue weighted by molar-refractivity contribution is -0.114. The van der Waals surface area contributed by atoms with E-state index < -0.39 is 0 Å². The van der Waals surface area contributed by atoms with Crippen molar-refractivity contribution in [3.05, 3.63) is 64.7 Å². The van der Waals surface area contributed by atoms with Crippen LogP contribution in [0.3, 0.4) is 0 Å². The van der Waals surface area contributed by atoms with E-state index in [4.69, 9.17) is 11.6 Å². The van der Waals surface area contributed by atoms with Crippen LogP contribution in [0.1, 0.15) is 11.1 Å². The number of rotatable bonds is 1. The third kappa shape index (κ3) is 2.25. The highest BCUT2D eigenvalue weighted by atomic mass is 35.5. The van der Waals surface area contributed by atoms with E-state index in [1.54, 1.807) is 6.07 Å². The Morgan fingerprint density at radius 1 is 1.05 bits per heavy atom. The minimum Gasteiger partial charge on any atom is -0.324 e. The van der Waals surface area contributed by atoms with Gasteiger partial charge in [-0.05, 0) is 12.1 Å². The van der Waals surface area contributed by atoms with Crippen molar-refractivity contribution in [1.82, 2.24) is 0 Å². The summed E-state index contributed by atoms with van der Waals surface area (Å²) < 4.78 is 0. The Hall–Kier alpha value is -2.13. The first-order chi connectivity index (χ1) is 9.25. The van der Waals surface area contributed by atoms with Crippen LogP contribution >= 0.6 is 11.6 Å². The number of nitrogens with zero attached hydrogens (tertiary/aromatic N) is 1. The molecule has 0 atom stereocenters. The van der Waals surface area contributed by atoms with Crippen molar-refractivity contribution >= 4 is 28.9 Å². The maximum atomic E-state index is 11.7. The smallest absolute Gasteiger partial charge is 0.246 e. The summed E-state index contributed by atoms with van der Waals surface area (Å²) in [5.74, 6) is -0.130. The van der Waals surface area contributed by atoms with Gasteiger partial charge in [0.25, 0.3) is 0 Å². The maximum Gasteiger partial charge on any atom is 0.246 e. The first-order valence-corrected chi connectivity index (χ1v) is 6.32. The Bertz CT molecular complexity index is 665. The van der Waals surface area contributed by atoms with Gasteiger partial charge in [-0.25, -0.2) is 0 Å². The Morgan fingerprint density at radius 2 is 1.84 bits per heavy atom. The molecule has 3 nitrogen and oxygen atoms in total. The minimum atomic E-state index is -0.130. The van der Waals surface area contributed by atoms with Crippen LogP contribution < -0.4 is 5.32 Å². The van der Waals surface area contributed by atoms with Gasteiger partial charge in [0.2, 0.25) is 5.91 Å². The van der Waals surface area contributed by atoms with Crippen LogP contribution in [0.5, 0.6) is 0 Å². The zero-order valence-corrected chi connectivity index (χ0v) is 10.8. The molecule has 0 saturated carbocycles. The molecule has 94 valence electrons. The van der Waals surface area contributed by atoms with E-state index in [0.29, 0.717) is 10.7 Å². The van der Waals surface area contributed by atoms with Gasteiger partial charge in [0.1, 0.15) is 6.54 Å². The van der Waals surface area contributed by atoms with E-state index in [9.17, 15) is 4.79 Å². The molecule has 19 heavy (non-hydrogen) atoms. The number of hydrogen-bond donors (Lipinski definition) is 1. The number of amides is 1. The summed E-state index contributed by atoms with van der Waals surface area (Å²) in [6.45, 7) is 0.106. The number of carbonyl (C=O) groups is 1. The third-order valence-corrected chi connectivity index (χ3v) is 3.27. The lowest BCUT2D eigenvalue weighted by Crippen LogP contribution is -2.13. The van der Waals surface area contributed by atoms with Crippen molar-refractivity contribution in [2.24, 2.45) is 4.99 Å². The number of anilines is 1. The van der Waals surface area contributed by atoms with E-state index in [2.05, 4.69) is 10.3 Å². The zero-order valence-electron chi connectivity index (χ0n) is 10.1. The van der Waals surface area contributed by atoms with Gasteiger partial charge in [0, 0.05) is 11.1 Å². The molecule has 0 unspecified atom stereocenters. The number of carbonyl (C=O) groups excluding carboxylic acids is 1. The summed E-state index contributed by atoms with van der Waals surface area (Å²) in [6.07, 6.45) is 0. The summed E-state index contributed by atoms with van der Waals surface area (Å²) in [5.41, 5.74) is 3.19.